The third-order valence-electron chi connectivity index (χ3n) is 4.48. The lowest BCUT2D eigenvalue weighted by Crippen LogP contribution is -2.45. The van der Waals surface area contributed by atoms with Gasteiger partial charge in [0.2, 0.25) is 5.91 Å². The van der Waals surface area contributed by atoms with E-state index < -0.39 is 0 Å². The number of halogens is 1. The smallest absolute Gasteiger partial charge is 0.239 e. The first-order chi connectivity index (χ1) is 10.1. The van der Waals surface area contributed by atoms with Crippen LogP contribution in [0.5, 0.6) is 0 Å². The van der Waals surface area contributed by atoms with Crippen LogP contribution < -0.4 is 5.73 Å². The van der Waals surface area contributed by atoms with Crippen molar-refractivity contribution in [1.82, 2.24) is 9.80 Å². The Hall–Kier alpha value is -1.46. The largest absolute Gasteiger partial charge is 0.340 e. The molecule has 2 saturated heterocycles. The van der Waals surface area contributed by atoms with Crippen LogP contribution in [0.4, 0.5) is 4.39 Å². The van der Waals surface area contributed by atoms with E-state index in [4.69, 9.17) is 5.73 Å². The monoisotopic (exact) mass is 291 g/mol. The van der Waals surface area contributed by atoms with Crippen molar-refractivity contribution < 1.29 is 9.18 Å². The van der Waals surface area contributed by atoms with Crippen molar-refractivity contribution in [2.24, 2.45) is 5.73 Å². The Kier molecular flexibility index (Phi) is 4.22. The molecule has 2 heterocycles. The first-order valence-corrected chi connectivity index (χ1v) is 7.66. The van der Waals surface area contributed by atoms with Crippen LogP contribution in [0.3, 0.4) is 0 Å². The zero-order chi connectivity index (χ0) is 14.8. The predicted molar refractivity (Wildman–Crippen MR) is 79.0 cm³/mol. The first kappa shape index (κ1) is 14.5. The molecule has 1 aromatic carbocycles. The second-order valence-electron chi connectivity index (χ2n) is 6.09. The van der Waals surface area contributed by atoms with Crippen molar-refractivity contribution in [1.29, 1.82) is 0 Å². The molecule has 2 N–H and O–H groups in total. The van der Waals surface area contributed by atoms with Gasteiger partial charge in [0, 0.05) is 25.7 Å². The van der Waals surface area contributed by atoms with E-state index in [0.717, 1.165) is 37.9 Å². The third-order valence-corrected chi connectivity index (χ3v) is 4.48. The van der Waals surface area contributed by atoms with Gasteiger partial charge in [-0.15, -0.1) is 0 Å². The van der Waals surface area contributed by atoms with Gasteiger partial charge < -0.3 is 10.6 Å². The van der Waals surface area contributed by atoms with E-state index >= 15 is 0 Å². The lowest BCUT2D eigenvalue weighted by Gasteiger charge is -2.27. The van der Waals surface area contributed by atoms with E-state index in [9.17, 15) is 9.18 Å². The zero-order valence-electron chi connectivity index (χ0n) is 12.2. The third kappa shape index (κ3) is 3.24. The summed E-state index contributed by atoms with van der Waals surface area (Å²) >= 11 is 0. The Balaban J connectivity index is 1.65. The highest BCUT2D eigenvalue weighted by molar-refractivity contribution is 5.82. The lowest BCUT2D eigenvalue weighted by atomic mass is 10.1. The normalized spacial score (nSPS) is 26.5. The van der Waals surface area contributed by atoms with E-state index in [1.165, 1.54) is 12.1 Å². The fourth-order valence-electron chi connectivity index (χ4n) is 3.32. The van der Waals surface area contributed by atoms with Crippen molar-refractivity contribution in [3.05, 3.63) is 35.6 Å². The number of hydrogen-bond donors (Lipinski definition) is 1. The minimum Gasteiger partial charge on any atom is -0.340 e. The summed E-state index contributed by atoms with van der Waals surface area (Å²) in [4.78, 5) is 16.7. The van der Waals surface area contributed by atoms with Gasteiger partial charge in [-0.2, -0.15) is 0 Å². The highest BCUT2D eigenvalue weighted by atomic mass is 19.1. The number of carbonyl (C=O) groups excluding carboxylic acids is 1. The van der Waals surface area contributed by atoms with Crippen LogP contribution in [-0.4, -0.2) is 47.4 Å². The summed E-state index contributed by atoms with van der Waals surface area (Å²) in [5, 5.41) is 0. The molecule has 4 nitrogen and oxygen atoms in total. The maximum atomic E-state index is 13.0. The number of rotatable bonds is 3. The standard InChI is InChI=1S/C16H22FN3O/c17-13-5-3-12(4-6-13)10-19-8-1-2-15(19)16(21)20-9-7-14(18)11-20/h3-6,14-15H,1-2,7-11,18H2/t14-,15-/m1/s1. The van der Waals surface area contributed by atoms with Gasteiger partial charge in [0.15, 0.2) is 0 Å². The second-order valence-corrected chi connectivity index (χ2v) is 6.09. The van der Waals surface area contributed by atoms with Crippen molar-refractivity contribution in [2.75, 3.05) is 19.6 Å². The van der Waals surface area contributed by atoms with E-state index in [1.54, 1.807) is 12.1 Å². The summed E-state index contributed by atoms with van der Waals surface area (Å²) in [7, 11) is 0. The van der Waals surface area contributed by atoms with Crippen LogP contribution in [0.25, 0.3) is 0 Å². The van der Waals surface area contributed by atoms with E-state index in [-0.39, 0.29) is 23.8 Å². The molecular formula is C16H22FN3O. The van der Waals surface area contributed by atoms with Crippen LogP contribution >= 0.6 is 0 Å². The molecule has 114 valence electrons. The first-order valence-electron chi connectivity index (χ1n) is 7.66. The molecule has 1 aromatic rings. The SMILES string of the molecule is N[C@@H]1CCN(C(=O)[C@H]2CCCN2Cc2ccc(F)cc2)C1. The minimum atomic E-state index is -0.223. The molecule has 0 spiro atoms. The van der Waals surface area contributed by atoms with E-state index in [2.05, 4.69) is 4.90 Å². The summed E-state index contributed by atoms with van der Waals surface area (Å²) in [6.45, 7) is 3.09. The van der Waals surface area contributed by atoms with Crippen molar-refractivity contribution in [3.8, 4) is 0 Å². The molecule has 0 radical (unpaired) electrons. The number of nitrogens with zero attached hydrogens (tertiary/aromatic N) is 2. The summed E-state index contributed by atoms with van der Waals surface area (Å²) < 4.78 is 13.0. The van der Waals surface area contributed by atoms with Gasteiger partial charge in [-0.25, -0.2) is 4.39 Å². The number of nitrogens with two attached hydrogens (primary N) is 1. The van der Waals surface area contributed by atoms with Gasteiger partial charge in [-0.1, -0.05) is 12.1 Å². The fraction of sp³-hybridized carbons (Fsp3) is 0.562. The zero-order valence-corrected chi connectivity index (χ0v) is 12.2. The van der Waals surface area contributed by atoms with E-state index in [1.807, 2.05) is 4.90 Å². The van der Waals surface area contributed by atoms with Crippen LogP contribution in [0, 0.1) is 5.82 Å². The number of benzene rings is 1. The Labute approximate surface area is 124 Å². The molecule has 0 aromatic heterocycles. The lowest BCUT2D eigenvalue weighted by molar-refractivity contribution is -0.135. The molecule has 0 saturated carbocycles. The summed E-state index contributed by atoms with van der Waals surface area (Å²) in [6, 6.07) is 6.62. The molecule has 2 aliphatic heterocycles. The number of amides is 1. The molecule has 0 aliphatic carbocycles. The number of carbonyl (C=O) groups is 1. The highest BCUT2D eigenvalue weighted by Gasteiger charge is 2.35. The van der Waals surface area contributed by atoms with Crippen molar-refractivity contribution >= 4 is 5.91 Å². The molecular weight excluding hydrogens is 269 g/mol. The molecule has 3 rings (SSSR count). The van der Waals surface area contributed by atoms with Gasteiger partial charge in [-0.05, 0) is 43.5 Å². The van der Waals surface area contributed by atoms with Crippen molar-refractivity contribution in [2.45, 2.75) is 37.9 Å². The van der Waals surface area contributed by atoms with Gasteiger partial charge in [0.05, 0.1) is 6.04 Å². The van der Waals surface area contributed by atoms with Gasteiger partial charge >= 0.3 is 0 Å². The molecule has 0 unspecified atom stereocenters. The highest BCUT2D eigenvalue weighted by Crippen LogP contribution is 2.23. The van der Waals surface area contributed by atoms with Crippen LogP contribution in [0.15, 0.2) is 24.3 Å². The quantitative estimate of drug-likeness (QED) is 0.914. The van der Waals surface area contributed by atoms with Gasteiger partial charge in [0.25, 0.3) is 0 Å². The predicted octanol–water partition coefficient (Wildman–Crippen LogP) is 1.35. The summed E-state index contributed by atoms with van der Waals surface area (Å²) in [5.74, 6) is -0.0126. The molecule has 2 aliphatic rings. The average molecular weight is 291 g/mol. The average Bonchev–Trinajstić information content (AvgIpc) is 3.10. The Bertz CT molecular complexity index is 505. The minimum absolute atomic E-state index is 0.0413. The van der Waals surface area contributed by atoms with E-state index in [0.29, 0.717) is 13.1 Å². The fourth-order valence-corrected chi connectivity index (χ4v) is 3.32. The molecule has 1 amide bonds. The second kappa shape index (κ2) is 6.12. The number of likely N-dealkylation sites (tertiary alicyclic amines) is 2. The Morgan fingerprint density at radius 2 is 2.00 bits per heavy atom. The Morgan fingerprint density at radius 3 is 2.67 bits per heavy atom. The molecule has 2 fully saturated rings. The van der Waals surface area contributed by atoms with Crippen molar-refractivity contribution in [3.63, 3.8) is 0 Å². The molecule has 5 heteroatoms. The van der Waals surface area contributed by atoms with Gasteiger partial charge in [0.1, 0.15) is 5.82 Å². The number of hydrogen-bond acceptors (Lipinski definition) is 3. The topological polar surface area (TPSA) is 49.6 Å². The van der Waals surface area contributed by atoms with Gasteiger partial charge in [-0.3, -0.25) is 9.69 Å². The van der Waals surface area contributed by atoms with Crippen LogP contribution in [0.2, 0.25) is 0 Å². The molecule has 2 atom stereocenters. The molecule has 21 heavy (non-hydrogen) atoms. The summed E-state index contributed by atoms with van der Waals surface area (Å²) in [6.07, 6.45) is 2.85. The maximum Gasteiger partial charge on any atom is 0.239 e. The van der Waals surface area contributed by atoms with Crippen LogP contribution in [0.1, 0.15) is 24.8 Å². The maximum absolute atomic E-state index is 13.0. The van der Waals surface area contributed by atoms with Crippen LogP contribution in [-0.2, 0) is 11.3 Å². The molecule has 0 bridgehead atoms. The summed E-state index contributed by atoms with van der Waals surface area (Å²) in [5.41, 5.74) is 6.94. The Morgan fingerprint density at radius 1 is 1.24 bits per heavy atom.